The van der Waals surface area contributed by atoms with Gasteiger partial charge in [-0.25, -0.2) is 9.18 Å². The van der Waals surface area contributed by atoms with E-state index in [0.29, 0.717) is 5.69 Å². The normalized spacial score (nSPS) is 10.5. The molecule has 6 heteroatoms. The maximum absolute atomic E-state index is 13.0. The summed E-state index contributed by atoms with van der Waals surface area (Å²) in [7, 11) is 0. The average molecular weight is 358 g/mol. The molecule has 0 bridgehead atoms. The number of hydrogen-bond donors (Lipinski definition) is 1. The Kier molecular flexibility index (Phi) is 4.95. The van der Waals surface area contributed by atoms with E-state index in [2.05, 4.69) is 5.32 Å². The van der Waals surface area contributed by atoms with Crippen molar-refractivity contribution in [3.8, 4) is 0 Å². The van der Waals surface area contributed by atoms with Gasteiger partial charge < -0.3 is 10.1 Å². The fourth-order valence-corrected chi connectivity index (χ4v) is 2.63. The maximum Gasteiger partial charge on any atom is 0.340 e. The number of carbonyl (C=O) groups is 2. The first-order valence-electron chi connectivity index (χ1n) is 7.44. The standard InChI is InChI=1S/C19H13ClFNO3/c20-16-10-13(21)8-9-15(16)19(24)25-11-18(23)22-17-7-3-5-12-4-1-2-6-14(12)17/h1-10H,11H2,(H,22,23). The number of rotatable bonds is 4. The summed E-state index contributed by atoms with van der Waals surface area (Å²) in [5, 5.41) is 4.50. The van der Waals surface area contributed by atoms with E-state index >= 15 is 0 Å². The minimum absolute atomic E-state index is 0.000951. The monoisotopic (exact) mass is 357 g/mol. The zero-order chi connectivity index (χ0) is 17.8. The molecule has 1 N–H and O–H groups in total. The van der Waals surface area contributed by atoms with Gasteiger partial charge in [-0.1, -0.05) is 48.0 Å². The number of amides is 1. The zero-order valence-electron chi connectivity index (χ0n) is 13.0. The van der Waals surface area contributed by atoms with Crippen LogP contribution in [0, 0.1) is 5.82 Å². The number of anilines is 1. The van der Waals surface area contributed by atoms with E-state index in [1.54, 1.807) is 6.07 Å². The molecule has 0 heterocycles. The molecular formula is C19H13ClFNO3. The van der Waals surface area contributed by atoms with Crippen molar-refractivity contribution in [1.29, 1.82) is 0 Å². The summed E-state index contributed by atoms with van der Waals surface area (Å²) in [5.41, 5.74) is 0.625. The van der Waals surface area contributed by atoms with E-state index in [1.807, 2.05) is 36.4 Å². The van der Waals surface area contributed by atoms with Gasteiger partial charge in [-0.3, -0.25) is 4.79 Å². The SMILES string of the molecule is O=C(COC(=O)c1ccc(F)cc1Cl)Nc1cccc2ccccc12. The summed E-state index contributed by atoms with van der Waals surface area (Å²) in [5.74, 6) is -1.84. The average Bonchev–Trinajstić information content (AvgIpc) is 2.60. The number of ether oxygens (including phenoxy) is 1. The van der Waals surface area contributed by atoms with Gasteiger partial charge in [0.2, 0.25) is 0 Å². The van der Waals surface area contributed by atoms with Crippen molar-refractivity contribution in [2.75, 3.05) is 11.9 Å². The van der Waals surface area contributed by atoms with Gasteiger partial charge >= 0.3 is 5.97 Å². The Morgan fingerprint density at radius 1 is 1.04 bits per heavy atom. The second-order valence-electron chi connectivity index (χ2n) is 5.28. The quantitative estimate of drug-likeness (QED) is 0.703. The van der Waals surface area contributed by atoms with Crippen molar-refractivity contribution in [3.05, 3.63) is 77.1 Å². The number of carbonyl (C=O) groups excluding carboxylic acids is 2. The molecule has 0 aromatic heterocycles. The molecule has 25 heavy (non-hydrogen) atoms. The van der Waals surface area contributed by atoms with Crippen molar-refractivity contribution in [2.45, 2.75) is 0 Å². The topological polar surface area (TPSA) is 55.4 Å². The first-order valence-corrected chi connectivity index (χ1v) is 7.82. The molecule has 0 atom stereocenters. The molecule has 0 radical (unpaired) electrons. The van der Waals surface area contributed by atoms with E-state index in [0.717, 1.165) is 22.9 Å². The van der Waals surface area contributed by atoms with Crippen LogP contribution in [0.2, 0.25) is 5.02 Å². The molecule has 0 spiro atoms. The van der Waals surface area contributed by atoms with E-state index in [-0.39, 0.29) is 10.6 Å². The van der Waals surface area contributed by atoms with Crippen LogP contribution in [0.5, 0.6) is 0 Å². The number of nitrogens with one attached hydrogen (secondary N) is 1. The zero-order valence-corrected chi connectivity index (χ0v) is 13.7. The Hall–Kier alpha value is -2.92. The molecule has 0 unspecified atom stereocenters. The number of halogens is 2. The summed E-state index contributed by atoms with van der Waals surface area (Å²) in [4.78, 5) is 24.0. The summed E-state index contributed by atoms with van der Waals surface area (Å²) < 4.78 is 17.9. The largest absolute Gasteiger partial charge is 0.452 e. The third-order valence-electron chi connectivity index (χ3n) is 3.55. The van der Waals surface area contributed by atoms with Gasteiger partial charge in [0.15, 0.2) is 6.61 Å². The van der Waals surface area contributed by atoms with Crippen LogP contribution in [-0.2, 0) is 9.53 Å². The third-order valence-corrected chi connectivity index (χ3v) is 3.86. The Balaban J connectivity index is 1.65. The molecular weight excluding hydrogens is 345 g/mol. The van der Waals surface area contributed by atoms with Gasteiger partial charge in [-0.05, 0) is 29.7 Å². The van der Waals surface area contributed by atoms with Crippen molar-refractivity contribution >= 4 is 39.9 Å². The van der Waals surface area contributed by atoms with Crippen LogP contribution in [0.4, 0.5) is 10.1 Å². The Morgan fingerprint density at radius 2 is 1.80 bits per heavy atom. The van der Waals surface area contributed by atoms with E-state index < -0.39 is 24.3 Å². The van der Waals surface area contributed by atoms with Gasteiger partial charge in [0.25, 0.3) is 5.91 Å². The van der Waals surface area contributed by atoms with E-state index in [4.69, 9.17) is 16.3 Å². The summed E-state index contributed by atoms with van der Waals surface area (Å²) in [6, 6.07) is 16.4. The van der Waals surface area contributed by atoms with Gasteiger partial charge in [0.05, 0.1) is 10.6 Å². The molecule has 3 aromatic carbocycles. The molecule has 0 saturated heterocycles. The molecule has 0 aliphatic rings. The summed E-state index contributed by atoms with van der Waals surface area (Å²) in [6.07, 6.45) is 0. The number of esters is 1. The lowest BCUT2D eigenvalue weighted by atomic mass is 10.1. The minimum Gasteiger partial charge on any atom is -0.452 e. The summed E-state index contributed by atoms with van der Waals surface area (Å²) >= 11 is 5.79. The van der Waals surface area contributed by atoms with Crippen LogP contribution < -0.4 is 5.32 Å². The van der Waals surface area contributed by atoms with Crippen molar-refractivity contribution < 1.29 is 18.7 Å². The lowest BCUT2D eigenvalue weighted by molar-refractivity contribution is -0.119. The first-order chi connectivity index (χ1) is 12.0. The Labute approximate surface area is 148 Å². The molecule has 126 valence electrons. The highest BCUT2D eigenvalue weighted by molar-refractivity contribution is 6.33. The lowest BCUT2D eigenvalue weighted by Gasteiger charge is -2.09. The van der Waals surface area contributed by atoms with Crippen molar-refractivity contribution in [2.24, 2.45) is 0 Å². The second-order valence-corrected chi connectivity index (χ2v) is 5.68. The van der Waals surface area contributed by atoms with Crippen LogP contribution >= 0.6 is 11.6 Å². The molecule has 0 aliphatic carbocycles. The molecule has 0 aliphatic heterocycles. The highest BCUT2D eigenvalue weighted by atomic mass is 35.5. The van der Waals surface area contributed by atoms with Gasteiger partial charge in [-0.2, -0.15) is 0 Å². The Bertz CT molecular complexity index is 953. The molecule has 3 aromatic rings. The highest BCUT2D eigenvalue weighted by Gasteiger charge is 2.15. The van der Waals surface area contributed by atoms with Gasteiger partial charge in [0.1, 0.15) is 5.82 Å². The second kappa shape index (κ2) is 7.32. The van der Waals surface area contributed by atoms with E-state index in [1.165, 1.54) is 6.07 Å². The van der Waals surface area contributed by atoms with Gasteiger partial charge in [-0.15, -0.1) is 0 Å². The molecule has 0 saturated carbocycles. The highest BCUT2D eigenvalue weighted by Crippen LogP contribution is 2.23. The van der Waals surface area contributed by atoms with Crippen molar-refractivity contribution in [1.82, 2.24) is 0 Å². The van der Waals surface area contributed by atoms with Crippen LogP contribution in [0.25, 0.3) is 10.8 Å². The summed E-state index contributed by atoms with van der Waals surface area (Å²) in [6.45, 7) is -0.476. The number of benzene rings is 3. The fraction of sp³-hybridized carbons (Fsp3) is 0.0526. The van der Waals surface area contributed by atoms with Gasteiger partial charge in [0, 0.05) is 11.1 Å². The molecule has 0 fully saturated rings. The first kappa shape index (κ1) is 16.9. The molecule has 1 amide bonds. The van der Waals surface area contributed by atoms with Crippen LogP contribution in [-0.4, -0.2) is 18.5 Å². The van der Waals surface area contributed by atoms with Crippen LogP contribution in [0.1, 0.15) is 10.4 Å². The minimum atomic E-state index is -0.793. The smallest absolute Gasteiger partial charge is 0.340 e. The van der Waals surface area contributed by atoms with E-state index in [9.17, 15) is 14.0 Å². The maximum atomic E-state index is 13.0. The van der Waals surface area contributed by atoms with Crippen LogP contribution in [0.3, 0.4) is 0 Å². The van der Waals surface area contributed by atoms with Crippen molar-refractivity contribution in [3.63, 3.8) is 0 Å². The predicted octanol–water partition coefficient (Wildman–Crippen LogP) is 4.43. The predicted molar refractivity (Wildman–Crippen MR) is 94.3 cm³/mol. The lowest BCUT2D eigenvalue weighted by Crippen LogP contribution is -2.21. The molecule has 4 nitrogen and oxygen atoms in total. The third kappa shape index (κ3) is 3.95. The van der Waals surface area contributed by atoms with Crippen LogP contribution in [0.15, 0.2) is 60.7 Å². The Morgan fingerprint density at radius 3 is 2.60 bits per heavy atom. The number of fused-ring (bicyclic) bond motifs is 1. The molecule has 3 rings (SSSR count). The fourth-order valence-electron chi connectivity index (χ4n) is 2.38. The number of hydrogen-bond acceptors (Lipinski definition) is 3.